The highest BCUT2D eigenvalue weighted by atomic mass is 16.5. The average Bonchev–Trinajstić information content (AvgIpc) is 3.50. The summed E-state index contributed by atoms with van der Waals surface area (Å²) >= 11 is 0. The summed E-state index contributed by atoms with van der Waals surface area (Å²) in [5.74, 6) is 1.39. The highest BCUT2D eigenvalue weighted by Crippen LogP contribution is 2.44. The molecule has 5 nitrogen and oxygen atoms in total. The van der Waals surface area contributed by atoms with Crippen molar-refractivity contribution >= 4 is 11.8 Å². The molecule has 1 aromatic carbocycles. The molecule has 5 rings (SSSR count). The van der Waals surface area contributed by atoms with Gasteiger partial charge in [-0.1, -0.05) is 30.7 Å². The maximum Gasteiger partial charge on any atom is 0.225 e. The van der Waals surface area contributed by atoms with Crippen molar-refractivity contribution in [1.29, 1.82) is 0 Å². The quantitative estimate of drug-likeness (QED) is 0.832. The highest BCUT2D eigenvalue weighted by Gasteiger charge is 2.45. The number of rotatable bonds is 5. The number of benzene rings is 1. The van der Waals surface area contributed by atoms with E-state index in [1.54, 1.807) is 0 Å². The van der Waals surface area contributed by atoms with Gasteiger partial charge in [-0.05, 0) is 62.0 Å². The predicted molar refractivity (Wildman–Crippen MR) is 110 cm³/mol. The largest absolute Gasteiger partial charge is 0.366 e. The second kappa shape index (κ2) is 7.75. The van der Waals surface area contributed by atoms with Crippen LogP contribution in [0.15, 0.2) is 24.3 Å². The summed E-state index contributed by atoms with van der Waals surface area (Å²) in [7, 11) is 0. The van der Waals surface area contributed by atoms with Crippen LogP contribution >= 0.6 is 0 Å². The van der Waals surface area contributed by atoms with E-state index in [1.807, 2.05) is 4.90 Å². The Labute approximate surface area is 173 Å². The van der Waals surface area contributed by atoms with E-state index in [9.17, 15) is 9.59 Å². The van der Waals surface area contributed by atoms with E-state index in [4.69, 9.17) is 4.74 Å². The highest BCUT2D eigenvalue weighted by molar-refractivity contribution is 5.79. The van der Waals surface area contributed by atoms with Gasteiger partial charge in [0.25, 0.3) is 0 Å². The molecule has 4 aliphatic rings. The summed E-state index contributed by atoms with van der Waals surface area (Å²) in [6, 6.07) is 8.53. The molecule has 1 N–H and O–H groups in total. The molecule has 1 aromatic rings. The first-order chi connectivity index (χ1) is 14.1. The molecule has 29 heavy (non-hydrogen) atoms. The van der Waals surface area contributed by atoms with Gasteiger partial charge in [0, 0.05) is 25.6 Å². The van der Waals surface area contributed by atoms with Crippen molar-refractivity contribution in [2.45, 2.75) is 69.5 Å². The van der Waals surface area contributed by atoms with Gasteiger partial charge in [-0.2, -0.15) is 0 Å². The van der Waals surface area contributed by atoms with E-state index in [0.29, 0.717) is 18.2 Å². The Morgan fingerprint density at radius 3 is 2.55 bits per heavy atom. The third-order valence-electron chi connectivity index (χ3n) is 7.38. The zero-order valence-corrected chi connectivity index (χ0v) is 17.2. The predicted octanol–water partition coefficient (Wildman–Crippen LogP) is 3.16. The van der Waals surface area contributed by atoms with Crippen LogP contribution in [-0.2, 0) is 26.3 Å². The van der Waals surface area contributed by atoms with Crippen molar-refractivity contribution in [2.75, 3.05) is 19.6 Å². The number of likely N-dealkylation sites (tertiary alicyclic amines) is 1. The number of amides is 2. The van der Waals surface area contributed by atoms with E-state index in [2.05, 4.69) is 29.6 Å². The van der Waals surface area contributed by atoms with Crippen LogP contribution < -0.4 is 5.32 Å². The Bertz CT molecular complexity index is 776. The Balaban J connectivity index is 1.27. The molecule has 1 spiro atoms. The number of carbonyl (C=O) groups is 2. The van der Waals surface area contributed by atoms with Crippen molar-refractivity contribution in [3.8, 4) is 0 Å². The summed E-state index contributed by atoms with van der Waals surface area (Å²) < 4.78 is 6.66. The molecule has 3 fully saturated rings. The number of hydrogen-bond acceptors (Lipinski definition) is 3. The number of fused-ring (bicyclic) bond motifs is 2. The van der Waals surface area contributed by atoms with E-state index < -0.39 is 0 Å². The minimum absolute atomic E-state index is 0.0852. The number of hydrogen-bond donors (Lipinski definition) is 1. The minimum Gasteiger partial charge on any atom is -0.366 e. The summed E-state index contributed by atoms with van der Waals surface area (Å²) in [5, 5.41) is 3.08. The molecule has 2 aliphatic heterocycles. The molecular weight excluding hydrogens is 364 g/mol. The minimum atomic E-state index is -0.354. The van der Waals surface area contributed by atoms with Crippen LogP contribution in [0.3, 0.4) is 0 Å². The number of piperidine rings is 1. The number of carbonyl (C=O) groups excluding carboxylic acids is 2. The molecule has 156 valence electrons. The number of ether oxygens (including phenoxy) is 1. The van der Waals surface area contributed by atoms with E-state index in [-0.39, 0.29) is 23.5 Å². The van der Waals surface area contributed by atoms with Gasteiger partial charge in [0.1, 0.15) is 0 Å². The average molecular weight is 397 g/mol. The molecule has 2 heterocycles. The molecule has 1 unspecified atom stereocenters. The van der Waals surface area contributed by atoms with Crippen LogP contribution in [0.1, 0.15) is 62.5 Å². The molecule has 5 heteroatoms. The van der Waals surface area contributed by atoms with Gasteiger partial charge in [-0.15, -0.1) is 0 Å². The van der Waals surface area contributed by atoms with Gasteiger partial charge < -0.3 is 15.0 Å². The standard InChI is InChI=1S/C24H32N2O3/c27-22(25-16-17-8-9-17)15-20-14-19-4-1-2-7-21(19)24(29-20)10-12-26(13-11-24)23(28)18-5-3-6-18/h1-2,4,7,17-18,20H,3,5-6,8-16H2,(H,25,27). The maximum atomic E-state index is 12.7. The molecule has 1 atom stereocenters. The Morgan fingerprint density at radius 2 is 1.86 bits per heavy atom. The monoisotopic (exact) mass is 396 g/mol. The number of nitrogens with one attached hydrogen (secondary N) is 1. The van der Waals surface area contributed by atoms with E-state index >= 15 is 0 Å². The first-order valence-electron chi connectivity index (χ1n) is 11.4. The van der Waals surface area contributed by atoms with Gasteiger partial charge in [0.05, 0.1) is 18.1 Å². The van der Waals surface area contributed by atoms with Gasteiger partial charge in [-0.3, -0.25) is 9.59 Å². The molecule has 0 radical (unpaired) electrons. The smallest absolute Gasteiger partial charge is 0.225 e. The van der Waals surface area contributed by atoms with Gasteiger partial charge in [0.2, 0.25) is 11.8 Å². The topological polar surface area (TPSA) is 58.6 Å². The van der Waals surface area contributed by atoms with Gasteiger partial charge in [0.15, 0.2) is 0 Å². The summed E-state index contributed by atoms with van der Waals surface area (Å²) in [5.41, 5.74) is 2.22. The molecule has 0 bridgehead atoms. The van der Waals surface area contributed by atoms with Crippen molar-refractivity contribution in [3.63, 3.8) is 0 Å². The zero-order valence-electron chi connectivity index (χ0n) is 17.2. The van der Waals surface area contributed by atoms with Crippen molar-refractivity contribution in [1.82, 2.24) is 10.2 Å². The van der Waals surface area contributed by atoms with E-state index in [1.165, 1.54) is 30.4 Å². The first kappa shape index (κ1) is 19.1. The lowest BCUT2D eigenvalue weighted by Gasteiger charge is -2.48. The molecule has 2 aliphatic carbocycles. The third kappa shape index (κ3) is 3.94. The van der Waals surface area contributed by atoms with Crippen LogP contribution in [0.5, 0.6) is 0 Å². The Kier molecular flexibility index (Phi) is 5.10. The molecule has 2 saturated carbocycles. The fraction of sp³-hybridized carbons (Fsp3) is 0.667. The zero-order chi connectivity index (χ0) is 19.8. The van der Waals surface area contributed by atoms with Crippen LogP contribution in [0.2, 0.25) is 0 Å². The fourth-order valence-corrected chi connectivity index (χ4v) is 5.17. The van der Waals surface area contributed by atoms with Crippen molar-refractivity contribution in [2.24, 2.45) is 11.8 Å². The summed E-state index contributed by atoms with van der Waals surface area (Å²) in [4.78, 5) is 27.2. The third-order valence-corrected chi connectivity index (χ3v) is 7.38. The Morgan fingerprint density at radius 1 is 1.10 bits per heavy atom. The van der Waals surface area contributed by atoms with E-state index in [0.717, 1.165) is 51.7 Å². The fourth-order valence-electron chi connectivity index (χ4n) is 5.17. The van der Waals surface area contributed by atoms with Gasteiger partial charge >= 0.3 is 0 Å². The van der Waals surface area contributed by atoms with Gasteiger partial charge in [-0.25, -0.2) is 0 Å². The van der Waals surface area contributed by atoms with Crippen LogP contribution in [0, 0.1) is 11.8 Å². The lowest BCUT2D eigenvalue weighted by atomic mass is 9.77. The lowest BCUT2D eigenvalue weighted by molar-refractivity contribution is -0.159. The maximum absolute atomic E-state index is 12.7. The van der Waals surface area contributed by atoms with Crippen molar-refractivity contribution < 1.29 is 14.3 Å². The summed E-state index contributed by atoms with van der Waals surface area (Å²) in [6.45, 7) is 2.32. The van der Waals surface area contributed by atoms with Crippen LogP contribution in [0.25, 0.3) is 0 Å². The second-order valence-electron chi connectivity index (χ2n) is 9.50. The lowest BCUT2D eigenvalue weighted by Crippen LogP contribution is -2.52. The Hall–Kier alpha value is -1.88. The normalized spacial score (nSPS) is 25.9. The SMILES string of the molecule is O=C(CC1Cc2ccccc2C2(CCN(C(=O)C3CCC3)CC2)O1)NCC1CC1. The first-order valence-corrected chi connectivity index (χ1v) is 11.4. The second-order valence-corrected chi connectivity index (χ2v) is 9.50. The van der Waals surface area contributed by atoms with Crippen molar-refractivity contribution in [3.05, 3.63) is 35.4 Å². The number of nitrogens with zero attached hydrogens (tertiary/aromatic N) is 1. The molecule has 1 saturated heterocycles. The van der Waals surface area contributed by atoms with Crippen LogP contribution in [-0.4, -0.2) is 42.5 Å². The van der Waals surface area contributed by atoms with Crippen LogP contribution in [0.4, 0.5) is 0 Å². The molecular formula is C24H32N2O3. The molecule has 2 amide bonds. The molecule has 0 aromatic heterocycles. The summed E-state index contributed by atoms with van der Waals surface area (Å²) in [6.07, 6.45) is 8.56.